The summed E-state index contributed by atoms with van der Waals surface area (Å²) >= 11 is 0. The van der Waals surface area contributed by atoms with Gasteiger partial charge >= 0.3 is 0 Å². The van der Waals surface area contributed by atoms with Crippen LogP contribution in [-0.4, -0.2) is 54.9 Å². The Kier molecular flexibility index (Phi) is 6.23. The van der Waals surface area contributed by atoms with Gasteiger partial charge in [0, 0.05) is 32.6 Å². The Balaban J connectivity index is 2.15. The molecule has 1 heterocycles. The number of ether oxygens (including phenoxy) is 1. The Bertz CT molecular complexity index is 598. The Morgan fingerprint density at radius 2 is 1.79 bits per heavy atom. The maximum Gasteiger partial charge on any atom is 0.257 e. The Morgan fingerprint density at radius 3 is 2.42 bits per heavy atom. The van der Waals surface area contributed by atoms with E-state index in [0.29, 0.717) is 43.3 Å². The van der Waals surface area contributed by atoms with Gasteiger partial charge in [0.25, 0.3) is 5.91 Å². The van der Waals surface area contributed by atoms with Gasteiger partial charge in [-0.2, -0.15) is 0 Å². The second-order valence-electron chi connectivity index (χ2n) is 6.49. The molecular weight excluding hydrogens is 304 g/mol. The molecule has 0 aromatic heterocycles. The smallest absolute Gasteiger partial charge is 0.257 e. The minimum absolute atomic E-state index is 0.0204. The van der Waals surface area contributed by atoms with Crippen LogP contribution < -0.4 is 4.74 Å². The zero-order chi connectivity index (χ0) is 17.7. The number of hydrogen-bond acceptors (Lipinski definition) is 3. The van der Waals surface area contributed by atoms with Crippen LogP contribution >= 0.6 is 0 Å². The Labute approximate surface area is 144 Å². The lowest BCUT2D eigenvalue weighted by molar-refractivity contribution is -0.130. The zero-order valence-corrected chi connectivity index (χ0v) is 15.2. The van der Waals surface area contributed by atoms with Gasteiger partial charge in [-0.05, 0) is 30.0 Å². The molecule has 0 bridgehead atoms. The standard InChI is InChI=1S/C19H28N2O3/c1-5-18(22)20-9-6-10-21(12-11-20)19(23)16-8-7-15(14(2)3)13-17(16)24-4/h7-8,13-14H,5-6,9-12H2,1-4H3. The van der Waals surface area contributed by atoms with E-state index in [1.54, 1.807) is 7.11 Å². The third-order valence-electron chi connectivity index (χ3n) is 4.56. The average Bonchev–Trinajstić information content (AvgIpc) is 2.85. The summed E-state index contributed by atoms with van der Waals surface area (Å²) in [5.74, 6) is 1.14. The number of rotatable bonds is 4. The summed E-state index contributed by atoms with van der Waals surface area (Å²) in [4.78, 5) is 28.5. The van der Waals surface area contributed by atoms with Crippen LogP contribution in [0.3, 0.4) is 0 Å². The van der Waals surface area contributed by atoms with Crippen LogP contribution in [0.25, 0.3) is 0 Å². The van der Waals surface area contributed by atoms with Crippen LogP contribution in [0.5, 0.6) is 5.75 Å². The predicted octanol–water partition coefficient (Wildman–Crippen LogP) is 2.90. The summed E-state index contributed by atoms with van der Waals surface area (Å²) in [7, 11) is 1.60. The lowest BCUT2D eigenvalue weighted by atomic mass is 10.0. The first-order valence-corrected chi connectivity index (χ1v) is 8.72. The van der Waals surface area contributed by atoms with E-state index in [4.69, 9.17) is 4.74 Å². The molecule has 1 aromatic carbocycles. The van der Waals surface area contributed by atoms with Crippen molar-refractivity contribution in [3.63, 3.8) is 0 Å². The summed E-state index contributed by atoms with van der Waals surface area (Å²) < 4.78 is 5.44. The summed E-state index contributed by atoms with van der Waals surface area (Å²) in [6.45, 7) is 8.66. The summed E-state index contributed by atoms with van der Waals surface area (Å²) in [6, 6.07) is 5.80. The fourth-order valence-corrected chi connectivity index (χ4v) is 3.01. The molecule has 2 amide bonds. The monoisotopic (exact) mass is 332 g/mol. The molecule has 0 unspecified atom stereocenters. The lowest BCUT2D eigenvalue weighted by Gasteiger charge is -2.23. The van der Waals surface area contributed by atoms with Crippen molar-refractivity contribution in [2.75, 3.05) is 33.3 Å². The van der Waals surface area contributed by atoms with E-state index in [1.165, 1.54) is 0 Å². The van der Waals surface area contributed by atoms with E-state index < -0.39 is 0 Å². The summed E-state index contributed by atoms with van der Waals surface area (Å²) in [6.07, 6.45) is 1.32. The summed E-state index contributed by atoms with van der Waals surface area (Å²) in [5, 5.41) is 0. The van der Waals surface area contributed by atoms with Crippen molar-refractivity contribution in [1.29, 1.82) is 0 Å². The molecule has 1 aliphatic heterocycles. The number of nitrogens with zero attached hydrogens (tertiary/aromatic N) is 2. The third-order valence-corrected chi connectivity index (χ3v) is 4.56. The number of carbonyl (C=O) groups excluding carboxylic acids is 2. The molecule has 0 saturated carbocycles. The van der Waals surface area contributed by atoms with Gasteiger partial charge in [-0.3, -0.25) is 9.59 Å². The number of methoxy groups -OCH3 is 1. The number of amides is 2. The first-order chi connectivity index (χ1) is 11.5. The molecule has 0 radical (unpaired) electrons. The molecule has 5 nitrogen and oxygen atoms in total. The van der Waals surface area contributed by atoms with Crippen molar-refractivity contribution in [2.24, 2.45) is 0 Å². The molecule has 24 heavy (non-hydrogen) atoms. The van der Waals surface area contributed by atoms with Gasteiger partial charge in [0.2, 0.25) is 5.91 Å². The largest absolute Gasteiger partial charge is 0.496 e. The van der Waals surface area contributed by atoms with Crippen molar-refractivity contribution >= 4 is 11.8 Å². The highest BCUT2D eigenvalue weighted by Crippen LogP contribution is 2.26. The van der Waals surface area contributed by atoms with E-state index in [9.17, 15) is 9.59 Å². The predicted molar refractivity (Wildman–Crippen MR) is 94.5 cm³/mol. The van der Waals surface area contributed by atoms with Crippen molar-refractivity contribution in [1.82, 2.24) is 9.80 Å². The molecule has 1 fully saturated rings. The van der Waals surface area contributed by atoms with E-state index in [0.717, 1.165) is 18.5 Å². The molecule has 1 saturated heterocycles. The first-order valence-electron chi connectivity index (χ1n) is 8.72. The average molecular weight is 332 g/mol. The summed E-state index contributed by atoms with van der Waals surface area (Å²) in [5.41, 5.74) is 1.75. The number of hydrogen-bond donors (Lipinski definition) is 0. The van der Waals surface area contributed by atoms with Gasteiger partial charge in [-0.1, -0.05) is 26.8 Å². The van der Waals surface area contributed by atoms with Gasteiger partial charge in [-0.25, -0.2) is 0 Å². The quantitative estimate of drug-likeness (QED) is 0.852. The van der Waals surface area contributed by atoms with Crippen LogP contribution in [0.2, 0.25) is 0 Å². The maximum atomic E-state index is 12.9. The highest BCUT2D eigenvalue weighted by atomic mass is 16.5. The molecule has 0 N–H and O–H groups in total. The zero-order valence-electron chi connectivity index (χ0n) is 15.2. The highest BCUT2D eigenvalue weighted by Gasteiger charge is 2.24. The van der Waals surface area contributed by atoms with Gasteiger partial charge in [0.05, 0.1) is 12.7 Å². The van der Waals surface area contributed by atoms with E-state index >= 15 is 0 Å². The second kappa shape index (κ2) is 8.18. The van der Waals surface area contributed by atoms with Gasteiger partial charge < -0.3 is 14.5 Å². The molecule has 5 heteroatoms. The molecule has 0 spiro atoms. The van der Waals surface area contributed by atoms with Gasteiger partial charge in [0.1, 0.15) is 5.75 Å². The molecule has 0 atom stereocenters. The number of benzene rings is 1. The first kappa shape index (κ1) is 18.3. The van der Waals surface area contributed by atoms with Crippen LogP contribution in [0.15, 0.2) is 18.2 Å². The number of carbonyl (C=O) groups is 2. The van der Waals surface area contributed by atoms with Crippen molar-refractivity contribution in [3.05, 3.63) is 29.3 Å². The van der Waals surface area contributed by atoms with E-state index in [2.05, 4.69) is 13.8 Å². The lowest BCUT2D eigenvalue weighted by Crippen LogP contribution is -2.37. The van der Waals surface area contributed by atoms with E-state index in [1.807, 2.05) is 34.9 Å². The van der Waals surface area contributed by atoms with Crippen LogP contribution in [0, 0.1) is 0 Å². The van der Waals surface area contributed by atoms with Crippen molar-refractivity contribution in [2.45, 2.75) is 39.5 Å². The topological polar surface area (TPSA) is 49.9 Å². The molecule has 2 rings (SSSR count). The molecule has 132 valence electrons. The normalized spacial score (nSPS) is 15.4. The minimum Gasteiger partial charge on any atom is -0.496 e. The highest BCUT2D eigenvalue weighted by molar-refractivity contribution is 5.97. The van der Waals surface area contributed by atoms with Crippen LogP contribution in [0.1, 0.15) is 55.5 Å². The van der Waals surface area contributed by atoms with Crippen LogP contribution in [-0.2, 0) is 4.79 Å². The maximum absolute atomic E-state index is 12.9. The molecule has 1 aromatic rings. The third kappa shape index (κ3) is 4.08. The van der Waals surface area contributed by atoms with E-state index in [-0.39, 0.29) is 11.8 Å². The SMILES string of the molecule is CCC(=O)N1CCCN(C(=O)c2ccc(C(C)C)cc2OC)CC1. The van der Waals surface area contributed by atoms with Crippen LogP contribution in [0.4, 0.5) is 0 Å². The fraction of sp³-hybridized carbons (Fsp3) is 0.579. The molecular formula is C19H28N2O3. The molecule has 0 aliphatic carbocycles. The Morgan fingerprint density at radius 1 is 1.12 bits per heavy atom. The second-order valence-corrected chi connectivity index (χ2v) is 6.49. The minimum atomic E-state index is -0.0204. The van der Waals surface area contributed by atoms with Crippen molar-refractivity contribution in [3.8, 4) is 5.75 Å². The fourth-order valence-electron chi connectivity index (χ4n) is 3.01. The Hall–Kier alpha value is -2.04. The van der Waals surface area contributed by atoms with Gasteiger partial charge in [0.15, 0.2) is 0 Å². The van der Waals surface area contributed by atoms with Gasteiger partial charge in [-0.15, -0.1) is 0 Å². The molecule has 1 aliphatic rings. The van der Waals surface area contributed by atoms with Crippen molar-refractivity contribution < 1.29 is 14.3 Å².